The molecule has 1 aliphatic carbocycles. The minimum atomic E-state index is -0.905. The van der Waals surface area contributed by atoms with E-state index in [2.05, 4.69) is 53.5 Å². The molecule has 1 atom stereocenters. The number of carboxylic acids is 1. The van der Waals surface area contributed by atoms with Gasteiger partial charge in [-0.3, -0.25) is 0 Å². The molecule has 2 aromatic rings. The number of anilines is 2. The monoisotopic (exact) mass is 467 g/mol. The summed E-state index contributed by atoms with van der Waals surface area (Å²) in [6.45, 7) is 7.62. The molecule has 1 aliphatic heterocycles. The predicted octanol–water partition coefficient (Wildman–Crippen LogP) is 4.21. The van der Waals surface area contributed by atoms with Crippen molar-refractivity contribution in [1.82, 2.24) is 15.0 Å². The first-order chi connectivity index (χ1) is 16.3. The topological polar surface area (TPSA) is 109 Å². The number of ether oxygens (including phenoxy) is 1. The van der Waals surface area contributed by atoms with E-state index in [-0.39, 0.29) is 11.5 Å². The molecule has 0 spiro atoms. The van der Waals surface area contributed by atoms with Crippen LogP contribution in [-0.2, 0) is 27.8 Å². The zero-order chi connectivity index (χ0) is 24.1. The Bertz CT molecular complexity index is 985. The molecule has 0 amide bonds. The van der Waals surface area contributed by atoms with Gasteiger partial charge in [-0.2, -0.15) is 0 Å². The van der Waals surface area contributed by atoms with Crippen LogP contribution in [0, 0.1) is 5.92 Å². The van der Waals surface area contributed by atoms with Crippen LogP contribution >= 0.6 is 0 Å². The Kier molecular flexibility index (Phi) is 7.66. The molecule has 0 aromatic carbocycles. The minimum absolute atomic E-state index is 0.130. The Morgan fingerprint density at radius 2 is 2.12 bits per heavy atom. The van der Waals surface area contributed by atoms with Gasteiger partial charge in [0.2, 0.25) is 0 Å². The van der Waals surface area contributed by atoms with Gasteiger partial charge < -0.3 is 20.5 Å². The van der Waals surface area contributed by atoms with Crippen LogP contribution in [0.25, 0.3) is 0 Å². The highest BCUT2D eigenvalue weighted by atomic mass is 16.5. The first kappa shape index (κ1) is 24.4. The fraction of sp³-hybridized carbons (Fsp3) is 0.615. The second-order valence-electron chi connectivity index (χ2n) is 10.6. The van der Waals surface area contributed by atoms with Gasteiger partial charge >= 0.3 is 5.97 Å². The minimum Gasteiger partial charge on any atom is -0.480 e. The number of hydrogen-bond acceptors (Lipinski definition) is 7. The largest absolute Gasteiger partial charge is 0.480 e. The van der Waals surface area contributed by atoms with Gasteiger partial charge in [0, 0.05) is 36.7 Å². The van der Waals surface area contributed by atoms with E-state index in [1.54, 1.807) is 0 Å². The lowest BCUT2D eigenvalue weighted by atomic mass is 9.79. The maximum absolute atomic E-state index is 11.7. The van der Waals surface area contributed by atoms with Crippen molar-refractivity contribution in [2.75, 3.05) is 23.8 Å². The highest BCUT2D eigenvalue weighted by Gasteiger charge is 2.30. The van der Waals surface area contributed by atoms with E-state index < -0.39 is 12.0 Å². The summed E-state index contributed by atoms with van der Waals surface area (Å²) in [5.74, 6) is 1.35. The maximum atomic E-state index is 11.7. The molecule has 3 N–H and O–H groups in total. The summed E-state index contributed by atoms with van der Waals surface area (Å²) in [5, 5.41) is 16.1. The molecule has 2 aliphatic rings. The van der Waals surface area contributed by atoms with Gasteiger partial charge in [0.05, 0.1) is 11.8 Å². The summed E-state index contributed by atoms with van der Waals surface area (Å²) in [4.78, 5) is 25.0. The van der Waals surface area contributed by atoms with Crippen molar-refractivity contribution in [2.45, 2.75) is 83.3 Å². The molecule has 34 heavy (non-hydrogen) atoms. The highest BCUT2D eigenvalue weighted by molar-refractivity contribution is 5.76. The number of nitrogens with zero attached hydrogens (tertiary/aromatic N) is 3. The van der Waals surface area contributed by atoms with E-state index in [4.69, 9.17) is 9.72 Å². The van der Waals surface area contributed by atoms with E-state index >= 15 is 0 Å². The van der Waals surface area contributed by atoms with E-state index in [9.17, 15) is 9.90 Å². The predicted molar refractivity (Wildman–Crippen MR) is 132 cm³/mol. The number of aryl methyl sites for hydroxylation is 2. The van der Waals surface area contributed by atoms with Crippen molar-refractivity contribution in [2.24, 2.45) is 5.92 Å². The quantitative estimate of drug-likeness (QED) is 0.477. The zero-order valence-electron chi connectivity index (χ0n) is 20.5. The van der Waals surface area contributed by atoms with Gasteiger partial charge in [-0.1, -0.05) is 26.8 Å². The van der Waals surface area contributed by atoms with E-state index in [1.807, 2.05) is 6.07 Å². The van der Waals surface area contributed by atoms with Crippen molar-refractivity contribution in [3.63, 3.8) is 0 Å². The first-order valence-corrected chi connectivity index (χ1v) is 12.4. The van der Waals surface area contributed by atoms with Crippen molar-refractivity contribution < 1.29 is 14.6 Å². The lowest BCUT2D eigenvalue weighted by molar-refractivity contribution is -0.138. The van der Waals surface area contributed by atoms with Crippen LogP contribution in [-0.4, -0.2) is 51.3 Å². The molecule has 0 saturated heterocycles. The van der Waals surface area contributed by atoms with Crippen LogP contribution in [0.1, 0.15) is 69.8 Å². The van der Waals surface area contributed by atoms with E-state index in [0.29, 0.717) is 24.8 Å². The van der Waals surface area contributed by atoms with Gasteiger partial charge in [-0.25, -0.2) is 19.7 Å². The van der Waals surface area contributed by atoms with Crippen LogP contribution < -0.4 is 10.6 Å². The normalized spacial score (nSPS) is 20.6. The lowest BCUT2D eigenvalue weighted by Gasteiger charge is -2.35. The summed E-state index contributed by atoms with van der Waals surface area (Å²) in [7, 11) is 0. The number of pyridine rings is 1. The van der Waals surface area contributed by atoms with Crippen molar-refractivity contribution in [3.05, 3.63) is 41.5 Å². The molecule has 2 aromatic heterocycles. The number of fused-ring (bicyclic) bond motifs is 1. The van der Waals surface area contributed by atoms with Gasteiger partial charge in [0.1, 0.15) is 24.0 Å². The van der Waals surface area contributed by atoms with Gasteiger partial charge in [0.25, 0.3) is 0 Å². The zero-order valence-corrected chi connectivity index (χ0v) is 20.5. The molecular weight excluding hydrogens is 430 g/mol. The molecule has 0 bridgehead atoms. The number of hydrogen-bond donors (Lipinski definition) is 3. The van der Waals surface area contributed by atoms with Crippen LogP contribution in [0.4, 0.5) is 11.6 Å². The standard InChI is InChI=1S/C26H37N5O3/c1-26(2,3)22-15-23(29-16-28-22)31-21(25(32)33)10-12-34-20-13-17(14-20)6-8-19-9-7-18-5-4-11-27-24(18)30-19/h7,9,15-17,20-21H,4-6,8,10-14H2,1-3H3,(H,27,30)(H,32,33)(H,28,29,31)/t17?,20?,21-/m0/s1. The van der Waals surface area contributed by atoms with E-state index in [1.165, 1.54) is 18.3 Å². The molecule has 0 radical (unpaired) electrons. The fourth-order valence-corrected chi connectivity index (χ4v) is 4.54. The Morgan fingerprint density at radius 3 is 2.88 bits per heavy atom. The number of carboxylic acid groups (broad SMARTS) is 1. The molecular formula is C26H37N5O3. The summed E-state index contributed by atoms with van der Waals surface area (Å²) in [5.41, 5.74) is 3.23. The summed E-state index contributed by atoms with van der Waals surface area (Å²) in [6, 6.07) is 5.46. The van der Waals surface area contributed by atoms with Crippen LogP contribution in [0.3, 0.4) is 0 Å². The molecule has 1 fully saturated rings. The highest BCUT2D eigenvalue weighted by Crippen LogP contribution is 2.34. The molecule has 184 valence electrons. The second kappa shape index (κ2) is 10.7. The average Bonchev–Trinajstić information content (AvgIpc) is 2.78. The smallest absolute Gasteiger partial charge is 0.326 e. The van der Waals surface area contributed by atoms with Crippen molar-refractivity contribution in [1.29, 1.82) is 0 Å². The lowest BCUT2D eigenvalue weighted by Crippen LogP contribution is -2.35. The van der Waals surface area contributed by atoms with Crippen LogP contribution in [0.15, 0.2) is 24.5 Å². The molecule has 3 heterocycles. The third kappa shape index (κ3) is 6.44. The third-order valence-electron chi connectivity index (χ3n) is 6.77. The molecule has 8 nitrogen and oxygen atoms in total. The fourth-order valence-electron chi connectivity index (χ4n) is 4.54. The maximum Gasteiger partial charge on any atom is 0.326 e. The van der Waals surface area contributed by atoms with Crippen molar-refractivity contribution in [3.8, 4) is 0 Å². The summed E-state index contributed by atoms with van der Waals surface area (Å²) >= 11 is 0. The molecule has 0 unspecified atom stereocenters. The SMILES string of the molecule is CC(C)(C)c1cc(N[C@@H](CCOC2CC(CCc3ccc4c(n3)NCCC4)C2)C(=O)O)ncn1. The first-order valence-electron chi connectivity index (χ1n) is 12.4. The van der Waals surface area contributed by atoms with Crippen molar-refractivity contribution >= 4 is 17.6 Å². The Labute approximate surface area is 202 Å². The summed E-state index contributed by atoms with van der Waals surface area (Å²) in [6.07, 6.45) is 8.57. The van der Waals surface area contributed by atoms with Gasteiger partial charge in [-0.15, -0.1) is 0 Å². The Morgan fingerprint density at radius 1 is 1.29 bits per heavy atom. The molecule has 8 heteroatoms. The average molecular weight is 468 g/mol. The van der Waals surface area contributed by atoms with Crippen LogP contribution in [0.2, 0.25) is 0 Å². The number of nitrogens with one attached hydrogen (secondary N) is 2. The summed E-state index contributed by atoms with van der Waals surface area (Å²) < 4.78 is 5.97. The Hall–Kier alpha value is -2.74. The number of carbonyl (C=O) groups is 1. The van der Waals surface area contributed by atoms with E-state index in [0.717, 1.165) is 55.9 Å². The van der Waals surface area contributed by atoms with Gasteiger partial charge in [-0.05, 0) is 56.1 Å². The molecule has 4 rings (SSSR count). The van der Waals surface area contributed by atoms with Gasteiger partial charge in [0.15, 0.2) is 0 Å². The Balaban J connectivity index is 1.16. The number of aliphatic carboxylic acids is 1. The third-order valence-corrected chi connectivity index (χ3v) is 6.77. The second-order valence-corrected chi connectivity index (χ2v) is 10.6. The number of aromatic nitrogens is 3. The van der Waals surface area contributed by atoms with Crippen LogP contribution in [0.5, 0.6) is 0 Å². The number of rotatable bonds is 10. The molecule has 1 saturated carbocycles.